The van der Waals surface area contributed by atoms with Crippen LogP contribution in [0.1, 0.15) is 47.2 Å². The fourth-order valence-electron chi connectivity index (χ4n) is 3.22. The van der Waals surface area contributed by atoms with Gasteiger partial charge in [0, 0.05) is 18.8 Å². The molecule has 1 aliphatic rings. The molecule has 1 fully saturated rings. The molecule has 2 N–H and O–H groups in total. The first-order valence-electron chi connectivity index (χ1n) is 7.88. The maximum absolute atomic E-state index is 11.5. The van der Waals surface area contributed by atoms with Crippen LogP contribution in [0.2, 0.25) is 0 Å². The highest BCUT2D eigenvalue weighted by atomic mass is 16.5. The van der Waals surface area contributed by atoms with E-state index in [9.17, 15) is 9.90 Å². The predicted octanol–water partition coefficient (Wildman–Crippen LogP) is 2.48. The van der Waals surface area contributed by atoms with Crippen LogP contribution in [-0.4, -0.2) is 40.7 Å². The Kier molecular flexibility index (Phi) is 4.83. The number of hydrogen-bond acceptors (Lipinski definition) is 5. The van der Waals surface area contributed by atoms with E-state index in [1.807, 2.05) is 12.3 Å². The SMILES string of the molecule is COC(=O)c1cc(CN2CCCC2CC(O)c2ccco2)c[nH]1. The number of nitrogens with one attached hydrogen (secondary N) is 1. The molecule has 0 amide bonds. The van der Waals surface area contributed by atoms with Crippen molar-refractivity contribution in [3.63, 3.8) is 0 Å². The standard InChI is InChI=1S/C17H22N2O4/c1-22-17(21)14-8-12(10-18-14)11-19-6-2-4-13(19)9-15(20)16-5-3-7-23-16/h3,5,7-8,10,13,15,18,20H,2,4,6,9,11H2,1H3. The summed E-state index contributed by atoms with van der Waals surface area (Å²) in [7, 11) is 1.37. The van der Waals surface area contributed by atoms with E-state index in [0.717, 1.165) is 31.5 Å². The molecule has 0 radical (unpaired) electrons. The van der Waals surface area contributed by atoms with E-state index in [1.54, 1.807) is 18.4 Å². The van der Waals surface area contributed by atoms with Crippen molar-refractivity contribution < 1.29 is 19.1 Å². The lowest BCUT2D eigenvalue weighted by Crippen LogP contribution is -2.30. The molecular weight excluding hydrogens is 296 g/mol. The Bertz CT molecular complexity index is 635. The van der Waals surface area contributed by atoms with Crippen LogP contribution in [0.3, 0.4) is 0 Å². The molecule has 23 heavy (non-hydrogen) atoms. The highest BCUT2D eigenvalue weighted by molar-refractivity contribution is 5.87. The summed E-state index contributed by atoms with van der Waals surface area (Å²) in [6.07, 6.45) is 5.67. The third-order valence-electron chi connectivity index (χ3n) is 4.40. The van der Waals surface area contributed by atoms with Crippen LogP contribution in [0.25, 0.3) is 0 Å². The molecule has 2 atom stereocenters. The normalized spacial score (nSPS) is 19.8. The first-order valence-corrected chi connectivity index (χ1v) is 7.88. The second kappa shape index (κ2) is 7.02. The lowest BCUT2D eigenvalue weighted by molar-refractivity contribution is 0.0595. The van der Waals surface area contributed by atoms with Crippen molar-refractivity contribution in [2.45, 2.75) is 38.0 Å². The van der Waals surface area contributed by atoms with Crippen molar-refractivity contribution >= 4 is 5.97 Å². The minimum atomic E-state index is -0.576. The van der Waals surface area contributed by atoms with Crippen molar-refractivity contribution in [2.75, 3.05) is 13.7 Å². The molecule has 1 saturated heterocycles. The molecule has 2 unspecified atom stereocenters. The molecule has 1 aliphatic heterocycles. The number of methoxy groups -OCH3 is 1. The van der Waals surface area contributed by atoms with E-state index in [0.29, 0.717) is 23.9 Å². The Labute approximate surface area is 135 Å². The minimum Gasteiger partial charge on any atom is -0.467 e. The number of likely N-dealkylation sites (tertiary alicyclic amines) is 1. The topological polar surface area (TPSA) is 78.7 Å². The van der Waals surface area contributed by atoms with E-state index >= 15 is 0 Å². The molecule has 2 aromatic rings. The fraction of sp³-hybridized carbons (Fsp3) is 0.471. The summed E-state index contributed by atoms with van der Waals surface area (Å²) in [5.41, 5.74) is 1.51. The molecule has 6 heteroatoms. The van der Waals surface area contributed by atoms with Crippen LogP contribution < -0.4 is 0 Å². The summed E-state index contributed by atoms with van der Waals surface area (Å²) in [6, 6.07) is 5.73. The Morgan fingerprint density at radius 3 is 3.22 bits per heavy atom. The van der Waals surface area contributed by atoms with Gasteiger partial charge in [0.15, 0.2) is 0 Å². The van der Waals surface area contributed by atoms with E-state index in [1.165, 1.54) is 7.11 Å². The summed E-state index contributed by atoms with van der Waals surface area (Å²) in [4.78, 5) is 16.8. The van der Waals surface area contributed by atoms with Gasteiger partial charge in [-0.05, 0) is 49.6 Å². The zero-order chi connectivity index (χ0) is 16.2. The lowest BCUT2D eigenvalue weighted by Gasteiger charge is -2.25. The number of carbonyl (C=O) groups excluding carboxylic acids is 1. The number of aromatic nitrogens is 1. The number of aliphatic hydroxyl groups excluding tert-OH is 1. The number of H-pyrrole nitrogens is 1. The zero-order valence-corrected chi connectivity index (χ0v) is 13.2. The third-order valence-corrected chi connectivity index (χ3v) is 4.40. The maximum Gasteiger partial charge on any atom is 0.354 e. The Morgan fingerprint density at radius 2 is 2.48 bits per heavy atom. The number of rotatable bonds is 6. The number of ether oxygens (including phenoxy) is 1. The molecule has 0 spiro atoms. The van der Waals surface area contributed by atoms with Gasteiger partial charge < -0.3 is 19.2 Å². The van der Waals surface area contributed by atoms with E-state index in [-0.39, 0.29) is 5.97 Å². The van der Waals surface area contributed by atoms with Crippen molar-refractivity contribution in [1.82, 2.24) is 9.88 Å². The minimum absolute atomic E-state index is 0.312. The number of aliphatic hydroxyl groups is 1. The van der Waals surface area contributed by atoms with Crippen LogP contribution in [0.5, 0.6) is 0 Å². The van der Waals surface area contributed by atoms with Gasteiger partial charge in [0.25, 0.3) is 0 Å². The Morgan fingerprint density at radius 1 is 1.61 bits per heavy atom. The van der Waals surface area contributed by atoms with Crippen molar-refractivity contribution in [3.05, 3.63) is 47.7 Å². The number of esters is 1. The molecule has 0 saturated carbocycles. The monoisotopic (exact) mass is 318 g/mol. The summed E-state index contributed by atoms with van der Waals surface area (Å²) in [5, 5.41) is 10.3. The van der Waals surface area contributed by atoms with Gasteiger partial charge in [0.1, 0.15) is 17.6 Å². The third kappa shape index (κ3) is 3.65. The summed E-state index contributed by atoms with van der Waals surface area (Å²) in [5.74, 6) is 0.258. The number of carbonyl (C=O) groups is 1. The predicted molar refractivity (Wildman–Crippen MR) is 83.8 cm³/mol. The van der Waals surface area contributed by atoms with Gasteiger partial charge in [0.2, 0.25) is 0 Å². The van der Waals surface area contributed by atoms with Gasteiger partial charge in [-0.25, -0.2) is 4.79 Å². The Balaban J connectivity index is 1.60. The number of hydrogen-bond donors (Lipinski definition) is 2. The molecule has 0 aromatic carbocycles. The average Bonchev–Trinajstić information content (AvgIpc) is 3.28. The summed E-state index contributed by atoms with van der Waals surface area (Å²) < 4.78 is 9.98. The second-order valence-electron chi connectivity index (χ2n) is 5.95. The molecule has 3 rings (SSSR count). The molecule has 0 bridgehead atoms. The van der Waals surface area contributed by atoms with Crippen molar-refractivity contribution in [1.29, 1.82) is 0 Å². The fourth-order valence-corrected chi connectivity index (χ4v) is 3.22. The van der Waals surface area contributed by atoms with E-state index < -0.39 is 6.10 Å². The van der Waals surface area contributed by atoms with Gasteiger partial charge in [-0.15, -0.1) is 0 Å². The smallest absolute Gasteiger partial charge is 0.354 e. The molecule has 0 aliphatic carbocycles. The number of furan rings is 1. The maximum atomic E-state index is 11.5. The zero-order valence-electron chi connectivity index (χ0n) is 13.2. The van der Waals surface area contributed by atoms with Crippen LogP contribution in [0, 0.1) is 0 Å². The number of nitrogens with zero attached hydrogens (tertiary/aromatic N) is 1. The summed E-state index contributed by atoms with van der Waals surface area (Å²) >= 11 is 0. The first kappa shape index (κ1) is 15.8. The molecule has 3 heterocycles. The van der Waals surface area contributed by atoms with Crippen molar-refractivity contribution in [2.24, 2.45) is 0 Å². The van der Waals surface area contributed by atoms with Crippen molar-refractivity contribution in [3.8, 4) is 0 Å². The number of aromatic amines is 1. The van der Waals surface area contributed by atoms with Crippen LogP contribution >= 0.6 is 0 Å². The van der Waals surface area contributed by atoms with Gasteiger partial charge in [-0.3, -0.25) is 4.90 Å². The van der Waals surface area contributed by atoms with E-state index in [2.05, 4.69) is 9.88 Å². The molecule has 2 aromatic heterocycles. The van der Waals surface area contributed by atoms with Gasteiger partial charge in [-0.1, -0.05) is 0 Å². The summed E-state index contributed by atoms with van der Waals surface area (Å²) in [6.45, 7) is 1.75. The first-order chi connectivity index (χ1) is 11.2. The molecule has 124 valence electrons. The van der Waals surface area contributed by atoms with Crippen LogP contribution in [0.4, 0.5) is 0 Å². The average molecular weight is 318 g/mol. The highest BCUT2D eigenvalue weighted by Crippen LogP contribution is 2.28. The van der Waals surface area contributed by atoms with Gasteiger partial charge in [-0.2, -0.15) is 0 Å². The quantitative estimate of drug-likeness (QED) is 0.800. The highest BCUT2D eigenvalue weighted by Gasteiger charge is 2.28. The molecule has 6 nitrogen and oxygen atoms in total. The molecular formula is C17H22N2O4. The van der Waals surface area contributed by atoms with E-state index in [4.69, 9.17) is 9.15 Å². The Hall–Kier alpha value is -2.05. The van der Waals surface area contributed by atoms with Gasteiger partial charge in [0.05, 0.1) is 13.4 Å². The van der Waals surface area contributed by atoms with Gasteiger partial charge >= 0.3 is 5.97 Å². The second-order valence-corrected chi connectivity index (χ2v) is 5.95. The van der Waals surface area contributed by atoms with Crippen LogP contribution in [0.15, 0.2) is 35.1 Å². The largest absolute Gasteiger partial charge is 0.467 e. The lowest BCUT2D eigenvalue weighted by atomic mass is 10.0. The van der Waals surface area contributed by atoms with Crippen LogP contribution in [-0.2, 0) is 11.3 Å².